The number of thiazole rings is 1. The fourth-order valence-corrected chi connectivity index (χ4v) is 17.5. The fraction of sp³-hybridized carbons (Fsp3) is 0.516. The highest BCUT2D eigenvalue weighted by Crippen LogP contribution is 2.89. The number of hydrogen-bond donors (Lipinski definition) is 7. The molecule has 6 aromatic rings. The van der Waals surface area contributed by atoms with E-state index in [-0.39, 0.29) is 72.4 Å². The number of benzene rings is 3. The zero-order chi connectivity index (χ0) is 59.6. The highest BCUT2D eigenvalue weighted by molar-refractivity contribution is 7.22. The van der Waals surface area contributed by atoms with Gasteiger partial charge in [0, 0.05) is 74.3 Å². The number of aliphatic carboxylic acids is 1. The van der Waals surface area contributed by atoms with Gasteiger partial charge in [-0.05, 0) is 164 Å². The number of aliphatic hydroxyl groups excluding tert-OH is 3. The number of aromatic carboxylic acids is 1. The van der Waals surface area contributed by atoms with Crippen molar-refractivity contribution in [2.45, 2.75) is 148 Å². The summed E-state index contributed by atoms with van der Waals surface area (Å²) < 4.78 is 22.0. The zero-order valence-electron chi connectivity index (χ0n) is 48.6. The van der Waals surface area contributed by atoms with E-state index in [1.54, 1.807) is 6.20 Å². The van der Waals surface area contributed by atoms with Crippen LogP contribution in [0.15, 0.2) is 79.0 Å². The Morgan fingerprint density at radius 1 is 0.918 bits per heavy atom. The molecular weight excluding hydrogens is 1100 g/mol. The van der Waals surface area contributed by atoms with Crippen LogP contribution >= 0.6 is 11.3 Å². The predicted molar refractivity (Wildman–Crippen MR) is 319 cm³/mol. The zero-order valence-corrected chi connectivity index (χ0v) is 49.5. The second kappa shape index (κ2) is 22.7. The van der Waals surface area contributed by atoms with Crippen LogP contribution in [0.4, 0.5) is 21.4 Å². The molecule has 9 atom stereocenters. The number of aliphatic hydroxyl groups is 3. The van der Waals surface area contributed by atoms with E-state index in [0.717, 1.165) is 82.4 Å². The van der Waals surface area contributed by atoms with E-state index in [0.29, 0.717) is 73.0 Å². The summed E-state index contributed by atoms with van der Waals surface area (Å²) in [6.45, 7) is 8.49. The third-order valence-electron chi connectivity index (χ3n) is 20.1. The molecule has 5 fully saturated rings. The number of carboxylic acids is 2. The Balaban J connectivity index is 0.726. The Kier molecular flexibility index (Phi) is 15.6. The van der Waals surface area contributed by atoms with Crippen LogP contribution in [0.1, 0.15) is 127 Å². The average molecular weight is 1180 g/mol. The molecule has 9 unspecified atom stereocenters. The number of carbonyl (C=O) groups is 4. The molecular formula is C64H76N8O12S. The van der Waals surface area contributed by atoms with E-state index in [2.05, 4.69) is 29.5 Å². The summed E-state index contributed by atoms with van der Waals surface area (Å²) in [5, 5.41) is 62.6. The Morgan fingerprint density at radius 2 is 1.74 bits per heavy atom. The van der Waals surface area contributed by atoms with Crippen molar-refractivity contribution in [2.75, 3.05) is 55.4 Å². The van der Waals surface area contributed by atoms with Crippen LogP contribution in [-0.4, -0.2) is 144 Å². The van der Waals surface area contributed by atoms with Crippen molar-refractivity contribution < 1.29 is 58.9 Å². The van der Waals surface area contributed by atoms with Gasteiger partial charge in [-0.3, -0.25) is 14.8 Å². The van der Waals surface area contributed by atoms with Crippen LogP contribution in [0.25, 0.3) is 21.3 Å². The topological polar surface area (TPSA) is 271 Å². The summed E-state index contributed by atoms with van der Waals surface area (Å²) in [5.74, 6) is -2.01. The van der Waals surface area contributed by atoms with Crippen LogP contribution in [0.2, 0.25) is 0 Å². The summed E-state index contributed by atoms with van der Waals surface area (Å²) in [6, 6.07) is 22.9. The number of carbonyl (C=O) groups excluding carboxylic acids is 2. The molecule has 7 N–H and O–H groups in total. The van der Waals surface area contributed by atoms with Crippen LogP contribution in [0.5, 0.6) is 0 Å². The highest BCUT2D eigenvalue weighted by atomic mass is 32.1. The standard InChI is InChI=1S/C64H76N8O12S/c1-38-48(46-16-17-53(68-54(46)57(79)80)71-20-18-39-8-7-9-47(49(39)28-71)55(76)69-58-67-50-10-5-6-11-52(50)85-58)27-66-72(38)37-62-32-60(2)31-61(3)33-63(34-62,36-64(60,61)35-62)83-23-22-70(21-19-43(74)29-73)59(81)82-30-41-12-14-42(65-4)24-40(41)13-15-45-25-44(75)26-51(84-45)56(77)78/h5-12,14,16-17,24,27,43-45,51,65,73-75H,13,15,18-23,25-26,28-37H2,1-4H3,(H,77,78)(H,79,80)(H,67,69,76). The minimum absolute atomic E-state index is 0.0436. The number of ether oxygens (including phenoxy) is 3. The van der Waals surface area contributed by atoms with Crippen LogP contribution in [0, 0.1) is 28.6 Å². The van der Waals surface area contributed by atoms with Crippen LogP contribution in [0.3, 0.4) is 0 Å². The molecule has 1 spiro atoms. The van der Waals surface area contributed by atoms with Crippen molar-refractivity contribution in [2.24, 2.45) is 21.7 Å². The number of aryl methyl sites for hydroxylation is 1. The number of nitrogens with zero attached hydrogens (tertiary/aromatic N) is 6. The number of hydrogen-bond acceptors (Lipinski definition) is 16. The number of amides is 2. The van der Waals surface area contributed by atoms with Gasteiger partial charge in [0.05, 0.1) is 53.5 Å². The first kappa shape index (κ1) is 58.4. The first-order valence-electron chi connectivity index (χ1n) is 29.7. The number of aromatic nitrogens is 4. The molecule has 4 aliphatic carbocycles. The van der Waals surface area contributed by atoms with Gasteiger partial charge < -0.3 is 54.9 Å². The van der Waals surface area contributed by atoms with Crippen molar-refractivity contribution in [1.82, 2.24) is 24.6 Å². The molecule has 85 heavy (non-hydrogen) atoms. The lowest BCUT2D eigenvalue weighted by Gasteiger charge is -2.64. The normalized spacial score (nSPS) is 27.5. The molecule has 3 bridgehead atoms. The SMILES string of the molecule is CNc1ccc(COC(=O)N(CCOC23CC4(Cn5ncc(-c6ccc(N7CCc8cccc(C(=O)Nc9nc%10ccccc%10s9)c8C7)nc6C(=O)O)c5C)CC5(C)CC(C)(C2)C5(C4)C3)CCC(O)CO)c(CCC2CC(O)CC(C(=O)O)O2)c1. The second-order valence-electron chi connectivity index (χ2n) is 25.7. The number of pyridine rings is 1. The monoisotopic (exact) mass is 1180 g/mol. The third-order valence-corrected chi connectivity index (χ3v) is 21.0. The molecule has 12 rings (SSSR count). The molecule has 6 aliphatic rings. The molecule has 21 heteroatoms. The summed E-state index contributed by atoms with van der Waals surface area (Å²) >= 11 is 1.42. The van der Waals surface area contributed by atoms with E-state index in [9.17, 15) is 44.7 Å². The van der Waals surface area contributed by atoms with Crippen LogP contribution < -0.4 is 15.5 Å². The minimum Gasteiger partial charge on any atom is -0.479 e. The number of nitrogens with one attached hydrogen (secondary N) is 2. The Bertz CT molecular complexity index is 3540. The fourth-order valence-electron chi connectivity index (χ4n) is 16.7. The van der Waals surface area contributed by atoms with Crippen LogP contribution in [-0.2, 0) is 51.5 Å². The third kappa shape index (κ3) is 10.9. The van der Waals surface area contributed by atoms with Gasteiger partial charge in [-0.25, -0.2) is 24.4 Å². The van der Waals surface area contributed by atoms with E-state index >= 15 is 0 Å². The quantitative estimate of drug-likeness (QED) is 0.0334. The number of rotatable bonds is 22. The minimum atomic E-state index is -1.15. The lowest BCUT2D eigenvalue weighted by molar-refractivity contribution is -0.166. The van der Waals surface area contributed by atoms with Gasteiger partial charge in [0.1, 0.15) is 12.4 Å². The highest BCUT2D eigenvalue weighted by Gasteiger charge is 2.84. The number of para-hydroxylation sites is 1. The molecule has 3 aromatic carbocycles. The predicted octanol–water partition coefficient (Wildman–Crippen LogP) is 8.86. The lowest BCUT2D eigenvalue weighted by atomic mass is 9.40. The van der Waals surface area contributed by atoms with Crippen molar-refractivity contribution in [3.63, 3.8) is 0 Å². The second-order valence-corrected chi connectivity index (χ2v) is 26.7. The molecule has 2 aliphatic heterocycles. The largest absolute Gasteiger partial charge is 0.479 e. The van der Waals surface area contributed by atoms with Gasteiger partial charge in [0.15, 0.2) is 16.9 Å². The van der Waals surface area contributed by atoms with Gasteiger partial charge in [0.25, 0.3) is 5.91 Å². The smallest absolute Gasteiger partial charge is 0.410 e. The van der Waals surface area contributed by atoms with Crippen molar-refractivity contribution in [1.29, 1.82) is 0 Å². The Hall–Kier alpha value is -7.01. The average Bonchev–Trinajstić information content (AvgIpc) is 1.46. The van der Waals surface area contributed by atoms with Gasteiger partial charge in [-0.15, -0.1) is 0 Å². The number of carboxylic acid groups (broad SMARTS) is 2. The maximum absolute atomic E-state index is 14.1. The summed E-state index contributed by atoms with van der Waals surface area (Å²) in [7, 11) is 1.81. The van der Waals surface area contributed by atoms with E-state index in [1.807, 2.05) is 96.3 Å². The number of anilines is 3. The maximum Gasteiger partial charge on any atom is 0.410 e. The van der Waals surface area contributed by atoms with E-state index in [4.69, 9.17) is 24.3 Å². The molecule has 2 amide bonds. The van der Waals surface area contributed by atoms with E-state index < -0.39 is 54.7 Å². The molecule has 5 heterocycles. The van der Waals surface area contributed by atoms with Crippen molar-refractivity contribution >= 4 is 62.1 Å². The van der Waals surface area contributed by atoms with Gasteiger partial charge in [-0.2, -0.15) is 5.10 Å². The Labute approximate surface area is 497 Å². The van der Waals surface area contributed by atoms with Gasteiger partial charge >= 0.3 is 18.0 Å². The van der Waals surface area contributed by atoms with Gasteiger partial charge in [0.2, 0.25) is 0 Å². The molecule has 20 nitrogen and oxygen atoms in total. The maximum atomic E-state index is 14.1. The summed E-state index contributed by atoms with van der Waals surface area (Å²) in [5.41, 5.74) is 7.30. The molecule has 3 aromatic heterocycles. The van der Waals surface area contributed by atoms with E-state index in [1.165, 1.54) is 16.2 Å². The molecule has 450 valence electrons. The molecule has 4 saturated carbocycles. The van der Waals surface area contributed by atoms with Crippen molar-refractivity contribution in [3.8, 4) is 11.1 Å². The van der Waals surface area contributed by atoms with Crippen molar-refractivity contribution in [3.05, 3.63) is 118 Å². The first-order chi connectivity index (χ1) is 40.7. The summed E-state index contributed by atoms with van der Waals surface area (Å²) in [4.78, 5) is 65.8. The molecule has 1 saturated heterocycles. The first-order valence-corrected chi connectivity index (χ1v) is 30.5. The van der Waals surface area contributed by atoms with Gasteiger partial charge in [-0.1, -0.05) is 55.5 Å². The number of fused-ring (bicyclic) bond motifs is 4. The summed E-state index contributed by atoms with van der Waals surface area (Å²) in [6.07, 6.45) is 5.66. The Morgan fingerprint density at radius 3 is 2.53 bits per heavy atom. The molecule has 0 radical (unpaired) electrons. The lowest BCUT2D eigenvalue weighted by Crippen LogP contribution is -2.57.